The number of benzene rings is 2. The third-order valence-corrected chi connectivity index (χ3v) is 5.35. The van der Waals surface area contributed by atoms with E-state index in [1.807, 2.05) is 53.2 Å². The van der Waals surface area contributed by atoms with Gasteiger partial charge >= 0.3 is 0 Å². The molecule has 4 heterocycles. The quantitative estimate of drug-likeness (QED) is 0.543. The van der Waals surface area contributed by atoms with Gasteiger partial charge in [0, 0.05) is 24.8 Å². The second-order valence-corrected chi connectivity index (χ2v) is 7.29. The molecule has 2 aliphatic rings. The van der Waals surface area contributed by atoms with Gasteiger partial charge in [-0.15, -0.1) is 0 Å². The number of hydrogen-bond donors (Lipinski definition) is 1. The molecule has 0 saturated carbocycles. The Kier molecular flexibility index (Phi) is 4.31. The molecule has 9 nitrogen and oxygen atoms in total. The molecule has 0 spiro atoms. The predicted octanol–water partition coefficient (Wildman–Crippen LogP) is 3.12. The van der Waals surface area contributed by atoms with Gasteiger partial charge in [-0.1, -0.05) is 18.2 Å². The van der Waals surface area contributed by atoms with E-state index in [-0.39, 0.29) is 6.79 Å². The van der Waals surface area contributed by atoms with E-state index in [0.717, 1.165) is 41.2 Å². The molecule has 0 unspecified atom stereocenters. The van der Waals surface area contributed by atoms with Gasteiger partial charge in [0.2, 0.25) is 12.7 Å². The molecule has 0 radical (unpaired) electrons. The molecule has 4 aromatic rings. The molecule has 1 N–H and O–H groups in total. The second-order valence-electron chi connectivity index (χ2n) is 7.29. The molecule has 6 rings (SSSR count). The van der Waals surface area contributed by atoms with Crippen LogP contribution in [0.25, 0.3) is 16.7 Å². The topological polar surface area (TPSA) is 86.6 Å². The maximum Gasteiger partial charge on any atom is 0.231 e. The van der Waals surface area contributed by atoms with Crippen LogP contribution in [0.15, 0.2) is 54.7 Å². The zero-order chi connectivity index (χ0) is 20.6. The highest BCUT2D eigenvalue weighted by Gasteiger charge is 2.20. The smallest absolute Gasteiger partial charge is 0.231 e. The maximum atomic E-state index is 5.51. The molecular formula is C22H20N6O3. The summed E-state index contributed by atoms with van der Waals surface area (Å²) in [4.78, 5) is 11.8. The van der Waals surface area contributed by atoms with Gasteiger partial charge in [0.05, 0.1) is 30.5 Å². The molecule has 2 aliphatic heterocycles. The van der Waals surface area contributed by atoms with Crippen molar-refractivity contribution >= 4 is 28.5 Å². The van der Waals surface area contributed by atoms with E-state index < -0.39 is 0 Å². The van der Waals surface area contributed by atoms with E-state index in [2.05, 4.69) is 15.3 Å². The van der Waals surface area contributed by atoms with Crippen molar-refractivity contribution in [3.63, 3.8) is 0 Å². The number of para-hydroxylation sites is 1. The maximum absolute atomic E-state index is 5.51. The Morgan fingerprint density at radius 3 is 2.61 bits per heavy atom. The molecule has 156 valence electrons. The van der Waals surface area contributed by atoms with Crippen molar-refractivity contribution in [2.45, 2.75) is 0 Å². The lowest BCUT2D eigenvalue weighted by atomic mass is 10.2. The zero-order valence-corrected chi connectivity index (χ0v) is 16.7. The number of nitrogens with one attached hydrogen (secondary N) is 1. The van der Waals surface area contributed by atoms with Crippen molar-refractivity contribution in [1.29, 1.82) is 0 Å². The Morgan fingerprint density at radius 1 is 0.903 bits per heavy atom. The van der Waals surface area contributed by atoms with E-state index in [9.17, 15) is 0 Å². The summed E-state index contributed by atoms with van der Waals surface area (Å²) in [5.41, 5.74) is 2.54. The first-order valence-corrected chi connectivity index (χ1v) is 10.2. The van der Waals surface area contributed by atoms with Gasteiger partial charge in [0.1, 0.15) is 5.82 Å². The Morgan fingerprint density at radius 2 is 1.74 bits per heavy atom. The van der Waals surface area contributed by atoms with Gasteiger partial charge in [0.25, 0.3) is 0 Å². The average molecular weight is 416 g/mol. The molecule has 0 aliphatic carbocycles. The number of rotatable bonds is 4. The Balaban J connectivity index is 1.46. The Labute approximate surface area is 178 Å². The van der Waals surface area contributed by atoms with Crippen molar-refractivity contribution in [2.24, 2.45) is 0 Å². The van der Waals surface area contributed by atoms with Crippen LogP contribution in [-0.2, 0) is 4.74 Å². The van der Waals surface area contributed by atoms with Crippen LogP contribution in [0.1, 0.15) is 0 Å². The highest BCUT2D eigenvalue weighted by Crippen LogP contribution is 2.36. The van der Waals surface area contributed by atoms with Crippen molar-refractivity contribution in [1.82, 2.24) is 19.7 Å². The van der Waals surface area contributed by atoms with Crippen molar-refractivity contribution < 1.29 is 14.2 Å². The molecule has 2 aromatic carbocycles. The van der Waals surface area contributed by atoms with Crippen LogP contribution in [0, 0.1) is 0 Å². The van der Waals surface area contributed by atoms with Gasteiger partial charge in [-0.25, -0.2) is 4.68 Å². The largest absolute Gasteiger partial charge is 0.454 e. The van der Waals surface area contributed by atoms with E-state index in [1.165, 1.54) is 0 Å². The average Bonchev–Trinajstić information content (AvgIpc) is 3.47. The van der Waals surface area contributed by atoms with Gasteiger partial charge in [-0.3, -0.25) is 0 Å². The van der Waals surface area contributed by atoms with E-state index in [0.29, 0.717) is 30.7 Å². The molecule has 2 aromatic heterocycles. The summed E-state index contributed by atoms with van der Waals surface area (Å²) in [6.45, 7) is 3.04. The summed E-state index contributed by atoms with van der Waals surface area (Å²) < 4.78 is 18.3. The molecule has 0 atom stereocenters. The summed E-state index contributed by atoms with van der Waals surface area (Å²) in [5, 5.41) is 8.85. The van der Waals surface area contributed by atoms with E-state index in [1.54, 1.807) is 6.20 Å². The molecule has 1 saturated heterocycles. The van der Waals surface area contributed by atoms with Gasteiger partial charge in [-0.05, 0) is 24.3 Å². The number of anilines is 3. The van der Waals surface area contributed by atoms with Crippen LogP contribution in [-0.4, -0.2) is 52.8 Å². The third-order valence-electron chi connectivity index (χ3n) is 5.35. The first-order chi connectivity index (χ1) is 15.3. The minimum Gasteiger partial charge on any atom is -0.454 e. The number of aromatic nitrogens is 4. The van der Waals surface area contributed by atoms with Crippen molar-refractivity contribution in [2.75, 3.05) is 43.3 Å². The van der Waals surface area contributed by atoms with Crippen LogP contribution < -0.4 is 19.7 Å². The monoisotopic (exact) mass is 416 g/mol. The summed E-state index contributed by atoms with van der Waals surface area (Å²) in [6.07, 6.45) is 1.79. The Bertz CT molecular complexity index is 1240. The van der Waals surface area contributed by atoms with E-state index >= 15 is 0 Å². The Hall–Kier alpha value is -3.85. The number of fused-ring (bicyclic) bond motifs is 2. The lowest BCUT2D eigenvalue weighted by molar-refractivity contribution is 0.122. The minimum atomic E-state index is 0.238. The molecular weight excluding hydrogens is 396 g/mol. The lowest BCUT2D eigenvalue weighted by Gasteiger charge is -2.27. The van der Waals surface area contributed by atoms with Gasteiger partial charge in [0.15, 0.2) is 17.1 Å². The molecule has 9 heteroatoms. The fourth-order valence-electron chi connectivity index (χ4n) is 3.77. The molecule has 1 fully saturated rings. The van der Waals surface area contributed by atoms with Crippen LogP contribution >= 0.6 is 0 Å². The first-order valence-electron chi connectivity index (χ1n) is 10.2. The molecule has 31 heavy (non-hydrogen) atoms. The summed E-state index contributed by atoms with van der Waals surface area (Å²) >= 11 is 0. The van der Waals surface area contributed by atoms with Crippen LogP contribution in [0.3, 0.4) is 0 Å². The minimum absolute atomic E-state index is 0.238. The number of hydrogen-bond acceptors (Lipinski definition) is 8. The number of morpholine rings is 1. The van der Waals surface area contributed by atoms with Crippen LogP contribution in [0.2, 0.25) is 0 Å². The molecule has 0 amide bonds. The van der Waals surface area contributed by atoms with Crippen LogP contribution in [0.4, 0.5) is 17.5 Å². The predicted molar refractivity (Wildman–Crippen MR) is 116 cm³/mol. The van der Waals surface area contributed by atoms with Gasteiger partial charge < -0.3 is 24.4 Å². The highest BCUT2D eigenvalue weighted by atomic mass is 16.7. The normalized spacial score (nSPS) is 15.4. The van der Waals surface area contributed by atoms with E-state index in [4.69, 9.17) is 24.2 Å². The SMILES string of the molecule is c1ccc(-n2ncc3c(Nc4ccc5c(c4)OCO5)nc(N4CCOCC4)nc32)cc1. The lowest BCUT2D eigenvalue weighted by Crippen LogP contribution is -2.37. The van der Waals surface area contributed by atoms with Gasteiger partial charge in [-0.2, -0.15) is 15.1 Å². The molecule has 0 bridgehead atoms. The number of ether oxygens (including phenoxy) is 3. The summed E-state index contributed by atoms with van der Waals surface area (Å²) in [5.74, 6) is 2.79. The summed E-state index contributed by atoms with van der Waals surface area (Å²) in [6, 6.07) is 15.7. The fourth-order valence-corrected chi connectivity index (χ4v) is 3.77. The second kappa shape index (κ2) is 7.44. The summed E-state index contributed by atoms with van der Waals surface area (Å²) in [7, 11) is 0. The number of nitrogens with zero attached hydrogens (tertiary/aromatic N) is 5. The zero-order valence-electron chi connectivity index (χ0n) is 16.7. The highest BCUT2D eigenvalue weighted by molar-refractivity contribution is 5.90. The third kappa shape index (κ3) is 3.28. The van der Waals surface area contributed by atoms with Crippen molar-refractivity contribution in [3.05, 3.63) is 54.7 Å². The standard InChI is InChI=1S/C22H20N6O3/c1-2-4-16(5-3-1)28-21-17(13-23-28)20(25-22(26-21)27-8-10-29-11-9-27)24-15-6-7-18-19(12-15)31-14-30-18/h1-7,12-13H,8-11,14H2,(H,24,25,26). The van der Waals surface area contributed by atoms with Crippen molar-refractivity contribution in [3.8, 4) is 17.2 Å². The fraction of sp³-hybridized carbons (Fsp3) is 0.227. The van der Waals surface area contributed by atoms with Crippen LogP contribution in [0.5, 0.6) is 11.5 Å². The first kappa shape index (κ1) is 18.0.